The fourth-order valence-corrected chi connectivity index (χ4v) is 3.01. The topological polar surface area (TPSA) is 86.8 Å². The van der Waals surface area contributed by atoms with Crippen LogP contribution in [0.3, 0.4) is 0 Å². The molecule has 0 fully saturated rings. The fourth-order valence-electron chi connectivity index (χ4n) is 3.01. The van der Waals surface area contributed by atoms with Crippen LogP contribution in [0, 0.1) is 0 Å². The predicted octanol–water partition coefficient (Wildman–Crippen LogP) is 4.15. The third-order valence-corrected chi connectivity index (χ3v) is 4.22. The lowest BCUT2D eigenvalue weighted by Crippen LogP contribution is -2.12. The van der Waals surface area contributed by atoms with E-state index in [1.165, 1.54) is 6.20 Å². The van der Waals surface area contributed by atoms with Crippen LogP contribution in [0.4, 0.5) is 11.4 Å². The molecule has 2 aromatic carbocycles. The molecule has 0 amide bonds. The Labute approximate surface area is 142 Å². The highest BCUT2D eigenvalue weighted by atomic mass is 16.4. The number of aromatic carboxylic acids is 1. The van der Waals surface area contributed by atoms with Crippen LogP contribution in [0.2, 0.25) is 0 Å². The predicted molar refractivity (Wildman–Crippen MR) is 94.6 cm³/mol. The first kappa shape index (κ1) is 15.0. The number of carboxylic acids is 1. The minimum absolute atomic E-state index is 0.137. The molecular weight excluding hydrogens is 320 g/mol. The zero-order chi connectivity index (χ0) is 17.6. The molecule has 4 rings (SSSR count). The van der Waals surface area contributed by atoms with Crippen molar-refractivity contribution in [3.63, 3.8) is 0 Å². The van der Waals surface area contributed by atoms with Gasteiger partial charge in [-0.05, 0) is 35.7 Å². The Morgan fingerprint density at radius 1 is 1.16 bits per heavy atom. The summed E-state index contributed by atoms with van der Waals surface area (Å²) in [5.74, 6) is -1.07. The Morgan fingerprint density at radius 3 is 2.80 bits per heavy atom. The average Bonchev–Trinajstić information content (AvgIpc) is 3.01. The van der Waals surface area contributed by atoms with Crippen molar-refractivity contribution in [1.82, 2.24) is 4.98 Å². The summed E-state index contributed by atoms with van der Waals surface area (Å²) in [6.45, 7) is 0. The first-order chi connectivity index (χ1) is 12.1. The summed E-state index contributed by atoms with van der Waals surface area (Å²) in [6.07, 6.45) is 3.09. The molecule has 0 aliphatic rings. The molecule has 0 saturated heterocycles. The molecule has 2 heterocycles. The maximum absolute atomic E-state index is 11.6. The second-order valence-corrected chi connectivity index (χ2v) is 5.70. The Bertz CT molecular complexity index is 1120. The second kappa shape index (κ2) is 5.52. The molecule has 0 unspecified atom stereocenters. The van der Waals surface area contributed by atoms with E-state index in [2.05, 4.69) is 4.98 Å². The number of nitrogens with zero attached hydrogens (tertiary/aromatic N) is 2. The summed E-state index contributed by atoms with van der Waals surface area (Å²) in [4.78, 5) is 17.3. The number of aromatic hydroxyl groups is 1. The maximum atomic E-state index is 11.6. The molecule has 124 valence electrons. The van der Waals surface area contributed by atoms with E-state index in [0.29, 0.717) is 16.7 Å². The SMILES string of the molecule is CN(c1ccc2c(O)cccc2c1)c1c(C(=O)O)oc2cnccc12. The summed E-state index contributed by atoms with van der Waals surface area (Å²) in [5.41, 5.74) is 1.66. The van der Waals surface area contributed by atoms with Gasteiger partial charge in [0.1, 0.15) is 11.4 Å². The fraction of sp³-hybridized carbons (Fsp3) is 0.0526. The van der Waals surface area contributed by atoms with Gasteiger partial charge in [0.25, 0.3) is 0 Å². The van der Waals surface area contributed by atoms with Gasteiger partial charge in [-0.1, -0.05) is 12.1 Å². The van der Waals surface area contributed by atoms with Crippen molar-refractivity contribution >= 4 is 39.1 Å². The minimum atomic E-state index is -1.14. The lowest BCUT2D eigenvalue weighted by molar-refractivity contribution is 0.0666. The van der Waals surface area contributed by atoms with Crippen molar-refractivity contribution in [1.29, 1.82) is 0 Å². The highest BCUT2D eigenvalue weighted by Gasteiger charge is 2.24. The number of furan rings is 1. The zero-order valence-corrected chi connectivity index (χ0v) is 13.3. The van der Waals surface area contributed by atoms with E-state index in [1.807, 2.05) is 18.2 Å². The van der Waals surface area contributed by atoms with Gasteiger partial charge in [0, 0.05) is 29.7 Å². The molecular formula is C19H14N2O4. The van der Waals surface area contributed by atoms with Gasteiger partial charge in [-0.3, -0.25) is 4.98 Å². The van der Waals surface area contributed by atoms with Gasteiger partial charge in [0.05, 0.1) is 6.20 Å². The van der Waals surface area contributed by atoms with Crippen molar-refractivity contribution in [2.75, 3.05) is 11.9 Å². The van der Waals surface area contributed by atoms with E-state index in [-0.39, 0.29) is 11.5 Å². The van der Waals surface area contributed by atoms with Gasteiger partial charge in [-0.25, -0.2) is 4.79 Å². The van der Waals surface area contributed by atoms with Gasteiger partial charge < -0.3 is 19.5 Å². The van der Waals surface area contributed by atoms with E-state index in [0.717, 1.165) is 16.5 Å². The van der Waals surface area contributed by atoms with E-state index in [4.69, 9.17) is 4.42 Å². The van der Waals surface area contributed by atoms with Gasteiger partial charge in [0.2, 0.25) is 5.76 Å². The number of aromatic nitrogens is 1. The number of anilines is 2. The number of pyridine rings is 1. The number of hydrogen-bond acceptors (Lipinski definition) is 5. The molecule has 0 bridgehead atoms. The highest BCUT2D eigenvalue weighted by molar-refractivity contribution is 6.05. The van der Waals surface area contributed by atoms with Crippen molar-refractivity contribution in [3.05, 3.63) is 60.6 Å². The molecule has 25 heavy (non-hydrogen) atoms. The molecule has 6 nitrogen and oxygen atoms in total. The molecule has 2 N–H and O–H groups in total. The van der Waals surface area contributed by atoms with Gasteiger partial charge >= 0.3 is 5.97 Å². The van der Waals surface area contributed by atoms with Crippen molar-refractivity contribution < 1.29 is 19.4 Å². The van der Waals surface area contributed by atoms with Crippen LogP contribution in [0.15, 0.2) is 59.3 Å². The smallest absolute Gasteiger partial charge is 0.374 e. The largest absolute Gasteiger partial charge is 0.507 e. The molecule has 0 radical (unpaired) electrons. The molecule has 6 heteroatoms. The van der Waals surface area contributed by atoms with Crippen LogP contribution in [0.5, 0.6) is 5.75 Å². The molecule has 0 aliphatic heterocycles. The summed E-state index contributed by atoms with van der Waals surface area (Å²) >= 11 is 0. The van der Waals surface area contributed by atoms with Crippen LogP contribution >= 0.6 is 0 Å². The van der Waals surface area contributed by atoms with Gasteiger partial charge in [0.15, 0.2) is 5.58 Å². The summed E-state index contributed by atoms with van der Waals surface area (Å²) in [5, 5.41) is 21.7. The zero-order valence-electron chi connectivity index (χ0n) is 13.3. The van der Waals surface area contributed by atoms with E-state index < -0.39 is 5.97 Å². The number of hydrogen-bond donors (Lipinski definition) is 2. The number of carbonyl (C=O) groups is 1. The van der Waals surface area contributed by atoms with Crippen LogP contribution in [-0.2, 0) is 0 Å². The van der Waals surface area contributed by atoms with Crippen molar-refractivity contribution in [2.45, 2.75) is 0 Å². The van der Waals surface area contributed by atoms with E-state index in [1.54, 1.807) is 42.4 Å². The van der Waals surface area contributed by atoms with E-state index >= 15 is 0 Å². The third kappa shape index (κ3) is 2.35. The lowest BCUT2D eigenvalue weighted by Gasteiger charge is -2.19. The quantitative estimate of drug-likeness (QED) is 0.585. The minimum Gasteiger partial charge on any atom is -0.507 e. The standard InChI is InChI=1S/C19H14N2O4/c1-21(12-5-6-13-11(9-12)3-2-4-15(13)22)17-14-7-8-20-10-16(14)25-18(17)19(23)24/h2-10,22H,1H3,(H,23,24). The number of phenolic OH excluding ortho intramolecular Hbond substituents is 1. The molecule has 4 aromatic rings. The number of fused-ring (bicyclic) bond motifs is 2. The van der Waals surface area contributed by atoms with Gasteiger partial charge in [-0.2, -0.15) is 0 Å². The van der Waals surface area contributed by atoms with Crippen LogP contribution in [0.25, 0.3) is 21.7 Å². The number of phenols is 1. The third-order valence-electron chi connectivity index (χ3n) is 4.22. The normalized spacial score (nSPS) is 11.1. The summed E-state index contributed by atoms with van der Waals surface area (Å²) in [7, 11) is 1.78. The Balaban J connectivity index is 1.91. The molecule has 2 aromatic heterocycles. The molecule has 0 saturated carbocycles. The Kier molecular flexibility index (Phi) is 3.32. The highest BCUT2D eigenvalue weighted by Crippen LogP contribution is 2.38. The maximum Gasteiger partial charge on any atom is 0.374 e. The Morgan fingerprint density at radius 2 is 2.00 bits per heavy atom. The first-order valence-electron chi connectivity index (χ1n) is 7.61. The molecule has 0 atom stereocenters. The van der Waals surface area contributed by atoms with Crippen molar-refractivity contribution in [2.24, 2.45) is 0 Å². The number of rotatable bonds is 3. The average molecular weight is 334 g/mol. The summed E-state index contributed by atoms with van der Waals surface area (Å²) in [6, 6.07) is 12.5. The lowest BCUT2D eigenvalue weighted by atomic mass is 10.1. The second-order valence-electron chi connectivity index (χ2n) is 5.70. The molecule has 0 spiro atoms. The van der Waals surface area contributed by atoms with E-state index in [9.17, 15) is 15.0 Å². The number of benzene rings is 2. The van der Waals surface area contributed by atoms with Crippen LogP contribution < -0.4 is 4.90 Å². The number of carboxylic acid groups (broad SMARTS) is 1. The van der Waals surface area contributed by atoms with Crippen molar-refractivity contribution in [3.8, 4) is 5.75 Å². The van der Waals surface area contributed by atoms with Crippen LogP contribution in [-0.4, -0.2) is 28.2 Å². The monoisotopic (exact) mass is 334 g/mol. The molecule has 0 aliphatic carbocycles. The Hall–Kier alpha value is -3.54. The first-order valence-corrected chi connectivity index (χ1v) is 7.61. The van der Waals surface area contributed by atoms with Gasteiger partial charge in [-0.15, -0.1) is 0 Å². The summed E-state index contributed by atoms with van der Waals surface area (Å²) < 4.78 is 5.47. The van der Waals surface area contributed by atoms with Crippen LogP contribution in [0.1, 0.15) is 10.6 Å².